The van der Waals surface area contributed by atoms with Crippen LogP contribution in [0.25, 0.3) is 5.69 Å². The van der Waals surface area contributed by atoms with Crippen LogP contribution in [0.2, 0.25) is 5.02 Å². The zero-order valence-corrected chi connectivity index (χ0v) is 19.8. The van der Waals surface area contributed by atoms with E-state index < -0.39 is 0 Å². The molecular formula is C21H23ClN5NaO. The van der Waals surface area contributed by atoms with Gasteiger partial charge in [0.15, 0.2) is 0 Å². The Balaban J connectivity index is 0.000000283. The van der Waals surface area contributed by atoms with Gasteiger partial charge in [-0.1, -0.05) is 37.1 Å². The summed E-state index contributed by atoms with van der Waals surface area (Å²) in [6.07, 6.45) is 12.5. The first-order chi connectivity index (χ1) is 13.5. The Morgan fingerprint density at radius 1 is 1.10 bits per heavy atom. The van der Waals surface area contributed by atoms with Crippen molar-refractivity contribution in [1.29, 1.82) is 0 Å². The summed E-state index contributed by atoms with van der Waals surface area (Å²) in [6, 6.07) is 7.35. The van der Waals surface area contributed by atoms with E-state index in [1.807, 2.05) is 26.0 Å². The standard InChI is InChI=1S/C15H16ClN3O.C6H7N2.Na/c16-11-5-8-15(20)19(10-11)13-6-7-14(17-9-13)18-12-3-1-2-4-12;1-5-6(2)8-4-3-7-5;/h5-10,12H,1-4H2,(H,17,18);3H,1-2H3;/q;-1;+1. The van der Waals surface area contributed by atoms with Crippen LogP contribution in [0.15, 0.2) is 47.7 Å². The SMILES string of the molecule is Cc1n[c-]cnc1C.O=c1ccc(Cl)cn1-c1ccc(NC2CCCC2)nc1.[Na+]. The van der Waals surface area contributed by atoms with Gasteiger partial charge in [0.2, 0.25) is 0 Å². The summed E-state index contributed by atoms with van der Waals surface area (Å²) in [5.74, 6) is 0.857. The molecule has 0 unspecified atom stereocenters. The van der Waals surface area contributed by atoms with Gasteiger partial charge >= 0.3 is 29.6 Å². The molecule has 3 aromatic rings. The van der Waals surface area contributed by atoms with Gasteiger partial charge in [-0.25, -0.2) is 4.98 Å². The van der Waals surface area contributed by atoms with Crippen molar-refractivity contribution < 1.29 is 29.6 Å². The van der Waals surface area contributed by atoms with Gasteiger partial charge in [-0.05, 0) is 49.9 Å². The minimum Gasteiger partial charge on any atom is -0.453 e. The second kappa shape index (κ2) is 11.5. The predicted molar refractivity (Wildman–Crippen MR) is 111 cm³/mol. The van der Waals surface area contributed by atoms with Crippen LogP contribution in [0.4, 0.5) is 5.82 Å². The van der Waals surface area contributed by atoms with Crippen molar-refractivity contribution in [2.24, 2.45) is 0 Å². The summed E-state index contributed by atoms with van der Waals surface area (Å²) in [5.41, 5.74) is 2.53. The van der Waals surface area contributed by atoms with Gasteiger partial charge in [0, 0.05) is 18.3 Å². The predicted octanol–water partition coefficient (Wildman–Crippen LogP) is 1.14. The molecule has 1 fully saturated rings. The molecule has 4 rings (SSSR count). The molecule has 0 saturated heterocycles. The van der Waals surface area contributed by atoms with Crippen molar-refractivity contribution in [2.75, 3.05) is 5.32 Å². The molecule has 1 aliphatic carbocycles. The molecule has 1 N–H and O–H groups in total. The van der Waals surface area contributed by atoms with E-state index in [4.69, 9.17) is 11.6 Å². The fraction of sp³-hybridized carbons (Fsp3) is 0.333. The van der Waals surface area contributed by atoms with E-state index in [2.05, 4.69) is 26.5 Å². The summed E-state index contributed by atoms with van der Waals surface area (Å²) in [7, 11) is 0. The molecule has 29 heavy (non-hydrogen) atoms. The Kier molecular flexibility index (Phi) is 9.30. The van der Waals surface area contributed by atoms with Crippen molar-refractivity contribution in [3.63, 3.8) is 0 Å². The summed E-state index contributed by atoms with van der Waals surface area (Å²) in [6.45, 7) is 3.84. The maximum absolute atomic E-state index is 11.8. The van der Waals surface area contributed by atoms with Crippen LogP contribution in [-0.2, 0) is 0 Å². The van der Waals surface area contributed by atoms with Gasteiger partial charge in [-0.2, -0.15) is 0 Å². The molecular weight excluding hydrogens is 397 g/mol. The number of anilines is 1. The number of aryl methyl sites for hydroxylation is 2. The van der Waals surface area contributed by atoms with Gasteiger partial charge in [0.05, 0.1) is 16.9 Å². The van der Waals surface area contributed by atoms with Crippen LogP contribution in [0.1, 0.15) is 37.1 Å². The average molecular weight is 420 g/mol. The Morgan fingerprint density at radius 2 is 1.86 bits per heavy atom. The van der Waals surface area contributed by atoms with Gasteiger partial charge < -0.3 is 10.3 Å². The van der Waals surface area contributed by atoms with E-state index in [1.165, 1.54) is 36.3 Å². The first-order valence-electron chi connectivity index (χ1n) is 9.30. The van der Waals surface area contributed by atoms with Crippen molar-refractivity contribution in [1.82, 2.24) is 19.5 Å². The Labute approximate surface area is 198 Å². The molecule has 6 nitrogen and oxygen atoms in total. The molecule has 0 amide bonds. The van der Waals surface area contributed by atoms with E-state index >= 15 is 0 Å². The summed E-state index contributed by atoms with van der Waals surface area (Å²) in [4.78, 5) is 24.0. The molecule has 3 heterocycles. The summed E-state index contributed by atoms with van der Waals surface area (Å²) in [5, 5.41) is 3.95. The molecule has 0 spiro atoms. The Morgan fingerprint density at radius 3 is 2.45 bits per heavy atom. The Bertz CT molecular complexity index is 950. The number of halogens is 1. The maximum Gasteiger partial charge on any atom is 1.00 e. The number of aromatic nitrogens is 4. The second-order valence-corrected chi connectivity index (χ2v) is 7.19. The number of nitrogens with one attached hydrogen (secondary N) is 1. The van der Waals surface area contributed by atoms with Crippen LogP contribution in [0.3, 0.4) is 0 Å². The monoisotopic (exact) mass is 419 g/mol. The first kappa shape index (κ1) is 23.5. The molecule has 8 heteroatoms. The number of pyridine rings is 2. The maximum atomic E-state index is 11.8. The van der Waals surface area contributed by atoms with Gasteiger partial charge in [0.25, 0.3) is 5.56 Å². The molecule has 0 radical (unpaired) electrons. The first-order valence-corrected chi connectivity index (χ1v) is 9.68. The third-order valence-corrected chi connectivity index (χ3v) is 4.90. The van der Waals surface area contributed by atoms with Gasteiger partial charge in [-0.3, -0.25) is 14.3 Å². The van der Waals surface area contributed by atoms with Crippen molar-refractivity contribution in [2.45, 2.75) is 45.6 Å². The van der Waals surface area contributed by atoms with E-state index in [-0.39, 0.29) is 35.1 Å². The smallest absolute Gasteiger partial charge is 0.453 e. The number of rotatable bonds is 3. The van der Waals surface area contributed by atoms with Crippen molar-refractivity contribution in [3.8, 4) is 5.69 Å². The average Bonchev–Trinajstić information content (AvgIpc) is 3.20. The minimum absolute atomic E-state index is 0. The normalized spacial score (nSPS) is 13.2. The van der Waals surface area contributed by atoms with E-state index in [1.54, 1.807) is 24.7 Å². The molecule has 0 aromatic carbocycles. The number of hydrogen-bond acceptors (Lipinski definition) is 5. The summed E-state index contributed by atoms with van der Waals surface area (Å²) < 4.78 is 1.49. The number of nitrogens with zero attached hydrogens (tertiary/aromatic N) is 4. The summed E-state index contributed by atoms with van der Waals surface area (Å²) >= 11 is 5.92. The van der Waals surface area contributed by atoms with Crippen LogP contribution in [0, 0.1) is 20.0 Å². The largest absolute Gasteiger partial charge is 1.00 e. The molecule has 1 saturated carbocycles. The fourth-order valence-corrected chi connectivity index (χ4v) is 3.14. The zero-order chi connectivity index (χ0) is 19.9. The van der Waals surface area contributed by atoms with E-state index in [9.17, 15) is 4.79 Å². The quantitative estimate of drug-likeness (QED) is 0.509. The zero-order valence-electron chi connectivity index (χ0n) is 17.0. The molecule has 1 aliphatic rings. The second-order valence-electron chi connectivity index (χ2n) is 6.75. The number of hydrogen-bond donors (Lipinski definition) is 1. The molecule has 0 bridgehead atoms. The van der Waals surface area contributed by atoms with Crippen LogP contribution in [-0.4, -0.2) is 25.6 Å². The van der Waals surface area contributed by atoms with Crippen LogP contribution < -0.4 is 40.4 Å². The molecule has 0 aliphatic heterocycles. The third kappa shape index (κ3) is 6.93. The topological polar surface area (TPSA) is 72.7 Å². The van der Waals surface area contributed by atoms with E-state index in [0.717, 1.165) is 22.9 Å². The third-order valence-electron chi connectivity index (χ3n) is 4.68. The molecule has 3 aromatic heterocycles. The Hall–Kier alpha value is -1.73. The van der Waals surface area contributed by atoms with E-state index in [0.29, 0.717) is 11.1 Å². The van der Waals surface area contributed by atoms with Gasteiger partial charge in [-0.15, -0.1) is 6.20 Å². The van der Waals surface area contributed by atoms with Crippen molar-refractivity contribution in [3.05, 3.63) is 75.8 Å². The van der Waals surface area contributed by atoms with Crippen LogP contribution in [0.5, 0.6) is 0 Å². The van der Waals surface area contributed by atoms with Gasteiger partial charge in [0.1, 0.15) is 5.82 Å². The fourth-order valence-electron chi connectivity index (χ4n) is 2.98. The minimum atomic E-state index is -0.118. The van der Waals surface area contributed by atoms with Crippen molar-refractivity contribution >= 4 is 17.4 Å². The van der Waals surface area contributed by atoms with Crippen LogP contribution >= 0.6 is 11.6 Å². The molecule has 0 atom stereocenters. The molecule has 146 valence electrons.